The van der Waals surface area contributed by atoms with Gasteiger partial charge in [0.1, 0.15) is 11.6 Å². The van der Waals surface area contributed by atoms with E-state index in [1.807, 2.05) is 18.2 Å². The van der Waals surface area contributed by atoms with Gasteiger partial charge < -0.3 is 15.1 Å². The summed E-state index contributed by atoms with van der Waals surface area (Å²) in [5.74, 6) is -1.90. The molecule has 0 fully saturated rings. The van der Waals surface area contributed by atoms with Crippen LogP contribution in [-0.4, -0.2) is 43.9 Å². The number of nitrogens with zero attached hydrogens (tertiary/aromatic N) is 2. The summed E-state index contributed by atoms with van der Waals surface area (Å²) in [6, 6.07) is 12.2. The number of likely N-dealkylation sites (N-methyl/N-ethyl adjacent to an activating group) is 1. The third kappa shape index (κ3) is 5.84. The van der Waals surface area contributed by atoms with Gasteiger partial charge in [-0.15, -0.1) is 0 Å². The Bertz CT molecular complexity index is 746. The molecule has 0 unspecified atom stereocenters. The van der Waals surface area contributed by atoms with E-state index in [1.54, 1.807) is 31.1 Å². The topological polar surface area (TPSA) is 52.7 Å². The second-order valence-electron chi connectivity index (χ2n) is 6.03. The normalized spacial score (nSPS) is 10.3. The van der Waals surface area contributed by atoms with Crippen molar-refractivity contribution in [2.45, 2.75) is 6.54 Å². The average Bonchev–Trinajstić information content (AvgIpc) is 2.59. The van der Waals surface area contributed by atoms with Gasteiger partial charge in [-0.1, -0.05) is 18.2 Å². The zero-order valence-electron chi connectivity index (χ0n) is 14.7. The van der Waals surface area contributed by atoms with Gasteiger partial charge in [0, 0.05) is 32.4 Å². The monoisotopic (exact) mass is 361 g/mol. The summed E-state index contributed by atoms with van der Waals surface area (Å²) in [6.07, 6.45) is 0. The van der Waals surface area contributed by atoms with Crippen LogP contribution in [0.25, 0.3) is 0 Å². The number of hydrogen-bond donors (Lipinski definition) is 1. The zero-order chi connectivity index (χ0) is 19.1. The van der Waals surface area contributed by atoms with Crippen molar-refractivity contribution in [3.05, 3.63) is 65.7 Å². The Labute approximate surface area is 151 Å². The highest BCUT2D eigenvalue weighted by Crippen LogP contribution is 2.13. The van der Waals surface area contributed by atoms with Crippen molar-refractivity contribution >= 4 is 17.5 Å². The number of halogens is 2. The summed E-state index contributed by atoms with van der Waals surface area (Å²) >= 11 is 0. The highest BCUT2D eigenvalue weighted by Gasteiger charge is 2.16. The van der Waals surface area contributed by atoms with Crippen LogP contribution in [0.1, 0.15) is 5.56 Å². The summed E-state index contributed by atoms with van der Waals surface area (Å²) < 4.78 is 26.4. The molecular formula is C19H21F2N3O2. The molecule has 26 heavy (non-hydrogen) atoms. The van der Waals surface area contributed by atoms with E-state index in [0.29, 0.717) is 5.56 Å². The summed E-state index contributed by atoms with van der Waals surface area (Å²) in [7, 11) is 3.29. The summed E-state index contributed by atoms with van der Waals surface area (Å²) in [5.41, 5.74) is 1.06. The number of para-hydroxylation sites is 1. The fourth-order valence-electron chi connectivity index (χ4n) is 2.32. The molecule has 0 heterocycles. The first kappa shape index (κ1) is 19.4. The van der Waals surface area contributed by atoms with Crippen LogP contribution in [0.3, 0.4) is 0 Å². The van der Waals surface area contributed by atoms with Crippen LogP contribution >= 0.6 is 0 Å². The molecule has 0 aliphatic carbocycles. The Morgan fingerprint density at radius 1 is 0.962 bits per heavy atom. The smallest absolute Gasteiger partial charge is 0.241 e. The fourth-order valence-corrected chi connectivity index (χ4v) is 2.32. The van der Waals surface area contributed by atoms with Crippen LogP contribution in [0.2, 0.25) is 0 Å². The molecule has 0 bridgehead atoms. The Morgan fingerprint density at radius 3 is 2.15 bits per heavy atom. The highest BCUT2D eigenvalue weighted by atomic mass is 19.1. The summed E-state index contributed by atoms with van der Waals surface area (Å²) in [4.78, 5) is 27.4. The number of benzene rings is 2. The van der Waals surface area contributed by atoms with E-state index >= 15 is 0 Å². The van der Waals surface area contributed by atoms with E-state index < -0.39 is 11.6 Å². The molecule has 0 spiro atoms. The van der Waals surface area contributed by atoms with Gasteiger partial charge in [-0.25, -0.2) is 8.78 Å². The van der Waals surface area contributed by atoms with Crippen molar-refractivity contribution in [3.63, 3.8) is 0 Å². The number of carbonyl (C=O) groups is 2. The molecule has 0 aliphatic heterocycles. The molecule has 2 rings (SSSR count). The number of anilines is 1. The maximum absolute atomic E-state index is 13.2. The van der Waals surface area contributed by atoms with Gasteiger partial charge in [-0.3, -0.25) is 9.59 Å². The first-order chi connectivity index (χ1) is 12.3. The molecule has 0 radical (unpaired) electrons. The van der Waals surface area contributed by atoms with Crippen LogP contribution < -0.4 is 10.2 Å². The third-order valence-corrected chi connectivity index (χ3v) is 3.69. The van der Waals surface area contributed by atoms with Gasteiger partial charge in [0.05, 0.1) is 13.1 Å². The van der Waals surface area contributed by atoms with Gasteiger partial charge in [0.2, 0.25) is 11.8 Å². The lowest BCUT2D eigenvalue weighted by molar-refractivity contribution is -0.127. The minimum atomic E-state index is -0.697. The van der Waals surface area contributed by atoms with Crippen molar-refractivity contribution in [1.82, 2.24) is 10.2 Å². The lowest BCUT2D eigenvalue weighted by atomic mass is 10.2. The van der Waals surface area contributed by atoms with E-state index in [0.717, 1.165) is 23.9 Å². The Morgan fingerprint density at radius 2 is 1.58 bits per heavy atom. The molecular weight excluding hydrogens is 340 g/mol. The lowest BCUT2D eigenvalue weighted by Gasteiger charge is -2.25. The average molecular weight is 361 g/mol. The number of nitrogens with one attached hydrogen (secondary N) is 1. The first-order valence-electron chi connectivity index (χ1n) is 8.07. The van der Waals surface area contributed by atoms with Gasteiger partial charge in [0.15, 0.2) is 0 Å². The van der Waals surface area contributed by atoms with E-state index in [9.17, 15) is 18.4 Å². The standard InChI is InChI=1S/C19H21F2N3O2/c1-23(2)19(26)13-24(17-6-4-3-5-7-17)12-18(25)22-11-14-8-15(20)10-16(21)9-14/h3-10H,11-13H2,1-2H3,(H,22,25). The van der Waals surface area contributed by atoms with Gasteiger partial charge in [0.25, 0.3) is 0 Å². The van der Waals surface area contributed by atoms with Crippen molar-refractivity contribution in [2.75, 3.05) is 32.1 Å². The molecule has 5 nitrogen and oxygen atoms in total. The molecule has 0 aliphatic rings. The number of amides is 2. The number of hydrogen-bond acceptors (Lipinski definition) is 3. The maximum atomic E-state index is 13.2. The zero-order valence-corrected chi connectivity index (χ0v) is 14.7. The first-order valence-corrected chi connectivity index (χ1v) is 8.07. The predicted molar refractivity (Wildman–Crippen MR) is 95.6 cm³/mol. The maximum Gasteiger partial charge on any atom is 0.241 e. The Hall–Kier alpha value is -2.96. The van der Waals surface area contributed by atoms with Crippen LogP contribution in [0, 0.1) is 11.6 Å². The Balaban J connectivity index is 2.02. The molecule has 2 aromatic carbocycles. The summed E-state index contributed by atoms with van der Waals surface area (Å²) in [5, 5.41) is 2.62. The lowest BCUT2D eigenvalue weighted by Crippen LogP contribution is -2.42. The van der Waals surface area contributed by atoms with Crippen LogP contribution in [0.15, 0.2) is 48.5 Å². The van der Waals surface area contributed by atoms with E-state index in [2.05, 4.69) is 5.32 Å². The molecule has 2 aromatic rings. The SMILES string of the molecule is CN(C)C(=O)CN(CC(=O)NCc1cc(F)cc(F)c1)c1ccccc1. The third-order valence-electron chi connectivity index (χ3n) is 3.69. The van der Waals surface area contributed by atoms with Crippen molar-refractivity contribution in [2.24, 2.45) is 0 Å². The quantitative estimate of drug-likeness (QED) is 0.822. The molecule has 0 saturated carbocycles. The Kier molecular flexibility index (Phi) is 6.66. The minimum Gasteiger partial charge on any atom is -0.353 e. The van der Waals surface area contributed by atoms with Crippen LogP contribution in [-0.2, 0) is 16.1 Å². The van der Waals surface area contributed by atoms with Crippen LogP contribution in [0.5, 0.6) is 0 Å². The molecule has 0 aromatic heterocycles. The second-order valence-corrected chi connectivity index (χ2v) is 6.03. The molecule has 2 amide bonds. The highest BCUT2D eigenvalue weighted by molar-refractivity contribution is 5.86. The predicted octanol–water partition coefficient (Wildman–Crippen LogP) is 2.18. The van der Waals surface area contributed by atoms with Gasteiger partial charge in [-0.05, 0) is 29.8 Å². The van der Waals surface area contributed by atoms with E-state index in [-0.39, 0.29) is 31.4 Å². The van der Waals surface area contributed by atoms with Gasteiger partial charge in [-0.2, -0.15) is 0 Å². The minimum absolute atomic E-state index is 0.00221. The van der Waals surface area contributed by atoms with E-state index in [4.69, 9.17) is 0 Å². The molecule has 0 atom stereocenters. The molecule has 7 heteroatoms. The van der Waals surface area contributed by atoms with Crippen molar-refractivity contribution < 1.29 is 18.4 Å². The molecule has 1 N–H and O–H groups in total. The van der Waals surface area contributed by atoms with Gasteiger partial charge >= 0.3 is 0 Å². The molecule has 138 valence electrons. The van der Waals surface area contributed by atoms with Crippen LogP contribution in [0.4, 0.5) is 14.5 Å². The van der Waals surface area contributed by atoms with Crippen molar-refractivity contribution in [1.29, 1.82) is 0 Å². The number of carbonyl (C=O) groups excluding carboxylic acids is 2. The largest absolute Gasteiger partial charge is 0.353 e. The second kappa shape index (κ2) is 8.94. The summed E-state index contributed by atoms with van der Waals surface area (Å²) in [6.45, 7) is -0.0157. The van der Waals surface area contributed by atoms with E-state index in [1.165, 1.54) is 4.90 Å². The molecule has 0 saturated heterocycles. The fraction of sp³-hybridized carbons (Fsp3) is 0.263. The van der Waals surface area contributed by atoms with Crippen molar-refractivity contribution in [3.8, 4) is 0 Å². The number of rotatable bonds is 7.